The Morgan fingerprint density at radius 2 is 1.97 bits per heavy atom. The zero-order valence-electron chi connectivity index (χ0n) is 15.9. The zero-order valence-corrected chi connectivity index (χ0v) is 19.0. The lowest BCUT2D eigenvalue weighted by molar-refractivity contribution is 0.0454. The molecule has 2 aromatic rings. The van der Waals surface area contributed by atoms with Gasteiger partial charge in [-0.15, -0.1) is 0 Å². The van der Waals surface area contributed by atoms with Crippen LogP contribution in [0.25, 0.3) is 0 Å². The number of aliphatic hydroxyl groups is 1. The average molecular weight is 506 g/mol. The molecule has 2 aromatic carbocycles. The standard InChI is InChI=1S/C20H19BrCl2O6/c1-8(2)6-11(24)9-4-5-12-13(18(9)27-3)20(26)28-7-10-15(22)14(21)16(23)17(25)19(10)29-12/h4-5,8,11,24-25H,6-7H2,1-3H3. The molecule has 9 heteroatoms. The van der Waals surface area contributed by atoms with Gasteiger partial charge in [0.05, 0.1) is 28.3 Å². The molecule has 1 aliphatic rings. The maximum absolute atomic E-state index is 12.8. The minimum Gasteiger partial charge on any atom is -0.503 e. The first-order valence-corrected chi connectivity index (χ1v) is 10.3. The number of phenols is 1. The van der Waals surface area contributed by atoms with E-state index in [0.717, 1.165) is 0 Å². The minimum absolute atomic E-state index is 0.00743. The number of hydrogen-bond acceptors (Lipinski definition) is 6. The fraction of sp³-hybridized carbons (Fsp3) is 0.350. The van der Waals surface area contributed by atoms with Crippen molar-refractivity contribution in [3.05, 3.63) is 43.3 Å². The highest BCUT2D eigenvalue weighted by Gasteiger charge is 2.32. The zero-order chi connectivity index (χ0) is 21.5. The van der Waals surface area contributed by atoms with E-state index in [-0.39, 0.29) is 61.2 Å². The van der Waals surface area contributed by atoms with Gasteiger partial charge < -0.3 is 24.4 Å². The van der Waals surface area contributed by atoms with E-state index in [9.17, 15) is 15.0 Å². The molecule has 156 valence electrons. The molecule has 29 heavy (non-hydrogen) atoms. The normalized spacial score (nSPS) is 14.3. The van der Waals surface area contributed by atoms with Crippen LogP contribution in [0.3, 0.4) is 0 Å². The number of esters is 1. The molecule has 6 nitrogen and oxygen atoms in total. The number of aliphatic hydroxyl groups excluding tert-OH is 1. The van der Waals surface area contributed by atoms with E-state index in [0.29, 0.717) is 12.0 Å². The Hall–Kier alpha value is -1.67. The average Bonchev–Trinajstić information content (AvgIpc) is 2.67. The number of methoxy groups -OCH3 is 1. The smallest absolute Gasteiger partial charge is 0.346 e. The Morgan fingerprint density at radius 1 is 1.28 bits per heavy atom. The van der Waals surface area contributed by atoms with Crippen LogP contribution in [-0.4, -0.2) is 23.3 Å². The first-order valence-electron chi connectivity index (χ1n) is 8.79. The highest BCUT2D eigenvalue weighted by molar-refractivity contribution is 9.10. The van der Waals surface area contributed by atoms with Gasteiger partial charge in [-0.1, -0.05) is 37.0 Å². The van der Waals surface area contributed by atoms with E-state index < -0.39 is 12.1 Å². The largest absolute Gasteiger partial charge is 0.503 e. The van der Waals surface area contributed by atoms with Crippen LogP contribution in [0.5, 0.6) is 23.0 Å². The van der Waals surface area contributed by atoms with Crippen molar-refractivity contribution in [3.63, 3.8) is 0 Å². The molecule has 3 rings (SSSR count). The Kier molecular flexibility index (Phi) is 6.53. The molecule has 0 aromatic heterocycles. The molecule has 0 aliphatic carbocycles. The number of halogens is 3. The molecular formula is C20H19BrCl2O6. The van der Waals surface area contributed by atoms with E-state index in [1.54, 1.807) is 6.07 Å². The lowest BCUT2D eigenvalue weighted by Crippen LogP contribution is -2.15. The number of hydrogen-bond donors (Lipinski definition) is 2. The second-order valence-electron chi connectivity index (χ2n) is 6.98. The van der Waals surface area contributed by atoms with Crippen molar-refractivity contribution >= 4 is 45.1 Å². The highest BCUT2D eigenvalue weighted by atomic mass is 79.9. The van der Waals surface area contributed by atoms with Crippen LogP contribution in [0.4, 0.5) is 0 Å². The number of carbonyl (C=O) groups is 1. The van der Waals surface area contributed by atoms with Gasteiger partial charge in [-0.2, -0.15) is 0 Å². The molecule has 1 aliphatic heterocycles. The lowest BCUT2D eigenvalue weighted by Gasteiger charge is -2.24. The van der Waals surface area contributed by atoms with Crippen molar-refractivity contribution in [2.24, 2.45) is 5.92 Å². The Balaban J connectivity index is 2.19. The molecule has 0 bridgehead atoms. The summed E-state index contributed by atoms with van der Waals surface area (Å²) in [5, 5.41) is 21.2. The van der Waals surface area contributed by atoms with E-state index in [1.165, 1.54) is 13.2 Å². The molecule has 1 atom stereocenters. The molecule has 0 radical (unpaired) electrons. The summed E-state index contributed by atoms with van der Waals surface area (Å²) in [7, 11) is 1.39. The first-order chi connectivity index (χ1) is 13.7. The third-order valence-electron chi connectivity index (χ3n) is 4.52. The van der Waals surface area contributed by atoms with Crippen LogP contribution >= 0.6 is 39.1 Å². The number of cyclic esters (lactones) is 1. The number of aromatic hydroxyl groups is 1. The third kappa shape index (κ3) is 4.01. The van der Waals surface area contributed by atoms with Crippen LogP contribution < -0.4 is 9.47 Å². The van der Waals surface area contributed by atoms with E-state index in [1.807, 2.05) is 13.8 Å². The van der Waals surface area contributed by atoms with Crippen LogP contribution in [0.15, 0.2) is 16.6 Å². The SMILES string of the molecule is COc1c(C(O)CC(C)C)ccc2c1C(=O)OCc1c(Cl)c(Br)c(Cl)c(O)c1O2. The number of phenolic OH excluding ortho intramolecular Hbond substituents is 1. The van der Waals surface area contributed by atoms with Crippen molar-refractivity contribution < 1.29 is 29.2 Å². The van der Waals surface area contributed by atoms with Crippen LogP contribution in [0.2, 0.25) is 10.0 Å². The van der Waals surface area contributed by atoms with E-state index in [4.69, 9.17) is 37.4 Å². The van der Waals surface area contributed by atoms with Crippen LogP contribution in [0, 0.1) is 5.92 Å². The second-order valence-corrected chi connectivity index (χ2v) is 8.53. The Labute approximate surface area is 186 Å². The summed E-state index contributed by atoms with van der Waals surface area (Å²) in [4.78, 5) is 12.8. The molecule has 0 saturated carbocycles. The number of rotatable bonds is 4. The fourth-order valence-electron chi connectivity index (χ4n) is 3.15. The molecule has 2 N–H and O–H groups in total. The van der Waals surface area contributed by atoms with Crippen molar-refractivity contribution in [2.75, 3.05) is 7.11 Å². The van der Waals surface area contributed by atoms with Gasteiger partial charge in [0, 0.05) is 5.56 Å². The predicted octanol–water partition coefficient (Wildman–Crippen LogP) is 6.01. The minimum atomic E-state index is -0.839. The monoisotopic (exact) mass is 504 g/mol. The maximum Gasteiger partial charge on any atom is 0.346 e. The fourth-order valence-corrected chi connectivity index (χ4v) is 4.04. The van der Waals surface area contributed by atoms with E-state index in [2.05, 4.69) is 15.9 Å². The predicted molar refractivity (Wildman–Crippen MR) is 112 cm³/mol. The highest BCUT2D eigenvalue weighted by Crippen LogP contribution is 2.51. The second kappa shape index (κ2) is 8.60. The molecule has 1 unspecified atom stereocenters. The van der Waals surface area contributed by atoms with Gasteiger partial charge in [0.1, 0.15) is 28.7 Å². The summed E-state index contributed by atoms with van der Waals surface area (Å²) in [5.74, 6) is -0.607. The summed E-state index contributed by atoms with van der Waals surface area (Å²) in [6.07, 6.45) is -0.359. The van der Waals surface area contributed by atoms with Gasteiger partial charge in [-0.25, -0.2) is 4.79 Å². The molecule has 0 amide bonds. The summed E-state index contributed by atoms with van der Waals surface area (Å²) < 4.78 is 16.9. The van der Waals surface area contributed by atoms with Gasteiger partial charge in [0.25, 0.3) is 0 Å². The lowest BCUT2D eigenvalue weighted by atomic mass is 9.96. The van der Waals surface area contributed by atoms with Gasteiger partial charge in [0.2, 0.25) is 0 Å². The Bertz CT molecular complexity index is 976. The number of fused-ring (bicyclic) bond motifs is 2. The third-order valence-corrected chi connectivity index (χ3v) is 6.55. The summed E-state index contributed by atoms with van der Waals surface area (Å²) in [6.45, 7) is 3.70. The summed E-state index contributed by atoms with van der Waals surface area (Å²) >= 11 is 15.6. The molecule has 1 heterocycles. The van der Waals surface area contributed by atoms with Gasteiger partial charge in [-0.05, 0) is 40.4 Å². The van der Waals surface area contributed by atoms with Crippen LogP contribution in [0.1, 0.15) is 47.9 Å². The van der Waals surface area contributed by atoms with Crippen LogP contribution in [-0.2, 0) is 11.3 Å². The van der Waals surface area contributed by atoms with E-state index >= 15 is 0 Å². The quantitative estimate of drug-likeness (QED) is 0.390. The maximum atomic E-state index is 12.8. The number of benzene rings is 2. The van der Waals surface area contributed by atoms with Gasteiger partial charge in [-0.3, -0.25) is 0 Å². The molecular weight excluding hydrogens is 487 g/mol. The summed E-state index contributed by atoms with van der Waals surface area (Å²) in [5.41, 5.74) is 0.715. The van der Waals surface area contributed by atoms with Gasteiger partial charge in [0.15, 0.2) is 11.5 Å². The first kappa shape index (κ1) is 22.0. The van der Waals surface area contributed by atoms with Crippen molar-refractivity contribution in [1.29, 1.82) is 0 Å². The molecule has 0 spiro atoms. The van der Waals surface area contributed by atoms with Gasteiger partial charge >= 0.3 is 5.97 Å². The number of ether oxygens (including phenoxy) is 3. The van der Waals surface area contributed by atoms with Crippen molar-refractivity contribution in [2.45, 2.75) is 33.0 Å². The Morgan fingerprint density at radius 3 is 2.59 bits per heavy atom. The summed E-state index contributed by atoms with van der Waals surface area (Å²) in [6, 6.07) is 3.12. The molecule has 0 fully saturated rings. The van der Waals surface area contributed by atoms with Crippen molar-refractivity contribution in [1.82, 2.24) is 0 Å². The molecule has 0 saturated heterocycles. The topological polar surface area (TPSA) is 85.2 Å². The van der Waals surface area contributed by atoms with Crippen molar-refractivity contribution in [3.8, 4) is 23.0 Å². The number of carbonyl (C=O) groups excluding carboxylic acids is 1.